The van der Waals surface area contributed by atoms with Crippen LogP contribution in [0, 0.1) is 0 Å². The molecule has 4 rings (SSSR count). The van der Waals surface area contributed by atoms with Gasteiger partial charge in [0.05, 0.1) is 18.3 Å². The van der Waals surface area contributed by atoms with Crippen LogP contribution in [0.25, 0.3) is 16.8 Å². The Hall–Kier alpha value is -3.02. The van der Waals surface area contributed by atoms with Gasteiger partial charge in [0.1, 0.15) is 11.6 Å². The molecule has 1 N–H and O–H groups in total. The fourth-order valence-corrected chi connectivity index (χ4v) is 3.86. The van der Waals surface area contributed by atoms with Gasteiger partial charge >= 0.3 is 6.03 Å². The highest BCUT2D eigenvalue weighted by Crippen LogP contribution is 2.33. The molecule has 2 aromatic heterocycles. The summed E-state index contributed by atoms with van der Waals surface area (Å²) in [5.41, 5.74) is 3.04. The van der Waals surface area contributed by atoms with Gasteiger partial charge in [-0.3, -0.25) is 0 Å². The van der Waals surface area contributed by atoms with E-state index in [9.17, 15) is 4.79 Å². The number of aromatic nitrogens is 2. The van der Waals surface area contributed by atoms with Crippen LogP contribution in [0.1, 0.15) is 24.6 Å². The van der Waals surface area contributed by atoms with E-state index >= 15 is 0 Å². The lowest BCUT2D eigenvalue weighted by Gasteiger charge is -2.31. The molecule has 27 heavy (non-hydrogen) atoms. The second-order valence-electron chi connectivity index (χ2n) is 6.85. The third-order valence-corrected chi connectivity index (χ3v) is 5.21. The van der Waals surface area contributed by atoms with E-state index in [1.54, 1.807) is 14.2 Å². The molecule has 0 spiro atoms. The minimum atomic E-state index is -0.0198. The van der Waals surface area contributed by atoms with E-state index in [0.717, 1.165) is 47.7 Å². The molecule has 6 heteroatoms. The number of carbonyl (C=O) groups is 1. The van der Waals surface area contributed by atoms with E-state index in [2.05, 4.69) is 28.0 Å². The molecule has 2 amide bonds. The summed E-state index contributed by atoms with van der Waals surface area (Å²) >= 11 is 0. The van der Waals surface area contributed by atoms with Crippen LogP contribution in [-0.2, 0) is 0 Å². The molecule has 1 unspecified atom stereocenters. The summed E-state index contributed by atoms with van der Waals surface area (Å²) in [7, 11) is 3.35. The third-order valence-electron chi connectivity index (χ3n) is 5.21. The topological polar surface area (TPSA) is 58.9 Å². The summed E-state index contributed by atoms with van der Waals surface area (Å²) in [6, 6.07) is 14.1. The SMILES string of the molecule is CNC(=O)N1CCCC(c2nc(-c3cccc(OC)c3)c3ccccn23)C1. The van der Waals surface area contributed by atoms with Crippen molar-refractivity contribution >= 4 is 11.5 Å². The molecule has 0 aliphatic carbocycles. The normalized spacial score (nSPS) is 17.1. The number of ether oxygens (including phenoxy) is 1. The van der Waals surface area contributed by atoms with Crippen LogP contribution in [0.2, 0.25) is 0 Å². The average Bonchev–Trinajstić information content (AvgIpc) is 3.13. The average molecular weight is 364 g/mol. The second-order valence-corrected chi connectivity index (χ2v) is 6.85. The lowest BCUT2D eigenvalue weighted by Crippen LogP contribution is -2.44. The molecule has 1 aromatic carbocycles. The van der Waals surface area contributed by atoms with Crippen molar-refractivity contribution in [3.8, 4) is 17.0 Å². The van der Waals surface area contributed by atoms with Crippen molar-refractivity contribution in [1.29, 1.82) is 0 Å². The number of nitrogens with one attached hydrogen (secondary N) is 1. The highest BCUT2D eigenvalue weighted by Gasteiger charge is 2.28. The van der Waals surface area contributed by atoms with E-state index in [0.29, 0.717) is 6.54 Å². The van der Waals surface area contributed by atoms with Crippen molar-refractivity contribution in [1.82, 2.24) is 19.6 Å². The molecular weight excluding hydrogens is 340 g/mol. The first kappa shape index (κ1) is 17.4. The third kappa shape index (κ3) is 3.23. The van der Waals surface area contributed by atoms with E-state index in [-0.39, 0.29) is 11.9 Å². The number of nitrogens with zero attached hydrogens (tertiary/aromatic N) is 3. The largest absolute Gasteiger partial charge is 0.497 e. The van der Waals surface area contributed by atoms with Gasteiger partial charge in [-0.15, -0.1) is 0 Å². The number of imidazole rings is 1. The van der Waals surface area contributed by atoms with Gasteiger partial charge in [0, 0.05) is 37.8 Å². The van der Waals surface area contributed by atoms with Crippen LogP contribution >= 0.6 is 0 Å². The number of fused-ring (bicyclic) bond motifs is 1. The quantitative estimate of drug-likeness (QED) is 0.773. The lowest BCUT2D eigenvalue weighted by atomic mass is 9.97. The first-order chi connectivity index (χ1) is 13.2. The number of hydrogen-bond donors (Lipinski definition) is 1. The van der Waals surface area contributed by atoms with Gasteiger partial charge in [-0.25, -0.2) is 9.78 Å². The van der Waals surface area contributed by atoms with E-state index in [4.69, 9.17) is 9.72 Å². The summed E-state index contributed by atoms with van der Waals surface area (Å²) in [5, 5.41) is 2.73. The molecule has 1 atom stereocenters. The maximum Gasteiger partial charge on any atom is 0.317 e. The molecule has 1 aliphatic heterocycles. The van der Waals surface area contributed by atoms with Crippen LogP contribution in [0.15, 0.2) is 48.7 Å². The molecule has 1 fully saturated rings. The van der Waals surface area contributed by atoms with Crippen molar-refractivity contribution in [2.75, 3.05) is 27.2 Å². The number of rotatable bonds is 3. The second kappa shape index (κ2) is 7.31. The van der Waals surface area contributed by atoms with Gasteiger partial charge in [-0.1, -0.05) is 18.2 Å². The maximum atomic E-state index is 12.1. The molecular formula is C21H24N4O2. The Bertz CT molecular complexity index is 966. The maximum absolute atomic E-state index is 12.1. The predicted octanol–water partition coefficient (Wildman–Crippen LogP) is 3.53. The predicted molar refractivity (Wildman–Crippen MR) is 105 cm³/mol. The Labute approximate surface area is 158 Å². The van der Waals surface area contributed by atoms with Crippen molar-refractivity contribution in [2.45, 2.75) is 18.8 Å². The standard InChI is InChI=1S/C21H24N4O2/c1-22-21(26)24-11-6-8-16(14-24)20-23-19(18-10-3-4-12-25(18)20)15-7-5-9-17(13-15)27-2/h3-5,7,9-10,12-13,16H,6,8,11,14H2,1-2H3,(H,22,26). The Morgan fingerprint density at radius 3 is 2.96 bits per heavy atom. The zero-order valence-corrected chi connectivity index (χ0v) is 15.7. The highest BCUT2D eigenvalue weighted by molar-refractivity contribution is 5.78. The monoisotopic (exact) mass is 364 g/mol. The van der Waals surface area contributed by atoms with Gasteiger partial charge in [0.25, 0.3) is 0 Å². The van der Waals surface area contributed by atoms with E-state index in [1.807, 2.05) is 35.2 Å². The van der Waals surface area contributed by atoms with Crippen LogP contribution in [0.3, 0.4) is 0 Å². The number of likely N-dealkylation sites (tertiary alicyclic amines) is 1. The Kier molecular flexibility index (Phi) is 4.71. The molecule has 1 aliphatic rings. The van der Waals surface area contributed by atoms with Crippen LogP contribution in [-0.4, -0.2) is 47.6 Å². The first-order valence-electron chi connectivity index (χ1n) is 9.29. The van der Waals surface area contributed by atoms with Gasteiger partial charge < -0.3 is 19.4 Å². The van der Waals surface area contributed by atoms with Crippen LogP contribution in [0.5, 0.6) is 5.75 Å². The summed E-state index contributed by atoms with van der Waals surface area (Å²) < 4.78 is 7.54. The number of methoxy groups -OCH3 is 1. The number of benzene rings is 1. The van der Waals surface area contributed by atoms with Crippen LogP contribution < -0.4 is 10.1 Å². The van der Waals surface area contributed by atoms with Crippen molar-refractivity contribution in [3.63, 3.8) is 0 Å². The molecule has 0 bridgehead atoms. The molecule has 1 saturated heterocycles. The number of hydrogen-bond acceptors (Lipinski definition) is 3. The van der Waals surface area contributed by atoms with Gasteiger partial charge in [-0.05, 0) is 37.1 Å². The first-order valence-corrected chi connectivity index (χ1v) is 9.29. The Balaban J connectivity index is 1.77. The number of urea groups is 1. The van der Waals surface area contributed by atoms with E-state index in [1.165, 1.54) is 0 Å². The summed E-state index contributed by atoms with van der Waals surface area (Å²) in [4.78, 5) is 19.0. The van der Waals surface area contributed by atoms with Crippen molar-refractivity contribution in [2.24, 2.45) is 0 Å². The fraction of sp³-hybridized carbons (Fsp3) is 0.333. The number of pyridine rings is 1. The van der Waals surface area contributed by atoms with Gasteiger partial charge in [0.15, 0.2) is 0 Å². The summed E-state index contributed by atoms with van der Waals surface area (Å²) in [5.74, 6) is 2.04. The minimum Gasteiger partial charge on any atom is -0.497 e. The highest BCUT2D eigenvalue weighted by atomic mass is 16.5. The number of amides is 2. The molecule has 0 radical (unpaired) electrons. The van der Waals surface area contributed by atoms with Gasteiger partial charge in [-0.2, -0.15) is 0 Å². The zero-order valence-electron chi connectivity index (χ0n) is 15.7. The smallest absolute Gasteiger partial charge is 0.317 e. The molecule has 3 aromatic rings. The lowest BCUT2D eigenvalue weighted by molar-refractivity contribution is 0.180. The van der Waals surface area contributed by atoms with Crippen molar-refractivity contribution in [3.05, 3.63) is 54.5 Å². The zero-order chi connectivity index (χ0) is 18.8. The molecule has 6 nitrogen and oxygen atoms in total. The Morgan fingerprint density at radius 2 is 2.15 bits per heavy atom. The molecule has 0 saturated carbocycles. The summed E-state index contributed by atoms with van der Waals surface area (Å²) in [6.07, 6.45) is 4.06. The van der Waals surface area contributed by atoms with Crippen LogP contribution in [0.4, 0.5) is 4.79 Å². The van der Waals surface area contributed by atoms with Gasteiger partial charge in [0.2, 0.25) is 0 Å². The van der Waals surface area contributed by atoms with Crippen molar-refractivity contribution < 1.29 is 9.53 Å². The summed E-state index contributed by atoms with van der Waals surface area (Å²) in [6.45, 7) is 1.48. The van der Waals surface area contributed by atoms with E-state index < -0.39 is 0 Å². The fourth-order valence-electron chi connectivity index (χ4n) is 3.86. The molecule has 140 valence electrons. The number of carbonyl (C=O) groups excluding carboxylic acids is 1. The molecule has 3 heterocycles. The Morgan fingerprint density at radius 1 is 1.26 bits per heavy atom. The minimum absolute atomic E-state index is 0.0198. The number of piperidine rings is 1.